The smallest absolute Gasteiger partial charge is 0.305 e. The second-order valence-corrected chi connectivity index (χ2v) is 23.5. The number of rotatable bonds is 64. The van der Waals surface area contributed by atoms with Crippen LogP contribution in [0.2, 0.25) is 0 Å². The molecule has 0 heterocycles. The molecule has 3 N–H and O–H groups in total. The van der Waals surface area contributed by atoms with Crippen LogP contribution in [-0.2, 0) is 14.3 Å². The lowest BCUT2D eigenvalue weighted by Gasteiger charge is -2.20. The quantitative estimate of drug-likeness (QED) is 0.0320. The average molecular weight is 1080 g/mol. The first-order valence-electron chi connectivity index (χ1n) is 34.4. The zero-order valence-electron chi connectivity index (χ0n) is 51.7. The number of aliphatic hydroxyl groups is 2. The number of allylic oxidation sites excluding steroid dienone is 7. The van der Waals surface area contributed by atoms with Crippen LogP contribution in [0.5, 0.6) is 0 Å². The van der Waals surface area contributed by atoms with Gasteiger partial charge in [0.2, 0.25) is 5.91 Å². The number of esters is 1. The lowest BCUT2D eigenvalue weighted by atomic mass is 10.0. The van der Waals surface area contributed by atoms with Gasteiger partial charge < -0.3 is 20.3 Å². The lowest BCUT2D eigenvalue weighted by Crippen LogP contribution is -2.45. The van der Waals surface area contributed by atoms with E-state index >= 15 is 0 Å². The SMILES string of the molecule is CCCCC/C=C\C/C=C\CCCCCCCC(=O)OCCCCCCCCCCCCCC/C=C\CCCCCCCCCCCCCCCCCCCC(=O)NC(CO)C(O)/C=C/CCCCCCCCCCCC. The van der Waals surface area contributed by atoms with Gasteiger partial charge in [0, 0.05) is 12.8 Å². The van der Waals surface area contributed by atoms with Crippen molar-refractivity contribution in [1.82, 2.24) is 5.32 Å². The number of hydrogen-bond donors (Lipinski definition) is 3. The predicted octanol–water partition coefficient (Wildman–Crippen LogP) is 22.1. The van der Waals surface area contributed by atoms with Gasteiger partial charge >= 0.3 is 5.97 Å². The Bertz CT molecular complexity index is 1290. The molecule has 2 unspecified atom stereocenters. The molecule has 0 bridgehead atoms. The van der Waals surface area contributed by atoms with Gasteiger partial charge in [-0.05, 0) is 89.9 Å². The van der Waals surface area contributed by atoms with Crippen molar-refractivity contribution in [1.29, 1.82) is 0 Å². The third kappa shape index (κ3) is 62.9. The normalized spacial score (nSPS) is 12.8. The van der Waals surface area contributed by atoms with Crippen LogP contribution >= 0.6 is 0 Å². The van der Waals surface area contributed by atoms with Gasteiger partial charge in [0.15, 0.2) is 0 Å². The van der Waals surface area contributed by atoms with Crippen molar-refractivity contribution >= 4 is 11.9 Å². The van der Waals surface area contributed by atoms with E-state index in [0.717, 1.165) is 51.4 Å². The molecule has 6 nitrogen and oxygen atoms in total. The molecule has 0 rings (SSSR count). The van der Waals surface area contributed by atoms with Crippen molar-refractivity contribution in [2.75, 3.05) is 13.2 Å². The van der Waals surface area contributed by atoms with Gasteiger partial charge in [-0.25, -0.2) is 0 Å². The fourth-order valence-electron chi connectivity index (χ4n) is 10.5. The van der Waals surface area contributed by atoms with Gasteiger partial charge in [0.25, 0.3) is 0 Å². The molecule has 6 heteroatoms. The Balaban J connectivity index is 3.35. The van der Waals surface area contributed by atoms with Crippen LogP contribution in [0.15, 0.2) is 48.6 Å². The van der Waals surface area contributed by atoms with Gasteiger partial charge in [0.05, 0.1) is 25.4 Å². The van der Waals surface area contributed by atoms with Gasteiger partial charge in [-0.1, -0.05) is 313 Å². The van der Waals surface area contributed by atoms with E-state index in [1.54, 1.807) is 6.08 Å². The zero-order valence-corrected chi connectivity index (χ0v) is 51.7. The third-order valence-corrected chi connectivity index (χ3v) is 15.8. The number of unbranched alkanes of at least 4 members (excludes halogenated alkanes) is 47. The van der Waals surface area contributed by atoms with Crippen LogP contribution in [0.3, 0.4) is 0 Å². The van der Waals surface area contributed by atoms with Crippen LogP contribution in [0.4, 0.5) is 0 Å². The lowest BCUT2D eigenvalue weighted by molar-refractivity contribution is -0.143. The summed E-state index contributed by atoms with van der Waals surface area (Å²) < 4.78 is 5.48. The largest absolute Gasteiger partial charge is 0.466 e. The first kappa shape index (κ1) is 74.8. The Morgan fingerprint density at radius 1 is 0.364 bits per heavy atom. The van der Waals surface area contributed by atoms with Gasteiger partial charge in [-0.2, -0.15) is 0 Å². The van der Waals surface area contributed by atoms with E-state index in [1.165, 1.54) is 289 Å². The Morgan fingerprint density at radius 2 is 0.649 bits per heavy atom. The molecular weight excluding hydrogens is 947 g/mol. The average Bonchev–Trinajstić information content (AvgIpc) is 3.43. The molecule has 0 saturated carbocycles. The van der Waals surface area contributed by atoms with Crippen molar-refractivity contribution in [3.8, 4) is 0 Å². The molecule has 0 aromatic rings. The summed E-state index contributed by atoms with van der Waals surface area (Å²) in [6.45, 7) is 4.88. The summed E-state index contributed by atoms with van der Waals surface area (Å²) in [6.07, 6.45) is 86.2. The Hall–Kier alpha value is -2.18. The molecule has 0 radical (unpaired) electrons. The Labute approximate surface area is 480 Å². The minimum absolute atomic E-state index is 0.00427. The minimum Gasteiger partial charge on any atom is -0.466 e. The van der Waals surface area contributed by atoms with Crippen molar-refractivity contribution in [3.63, 3.8) is 0 Å². The number of aliphatic hydroxyl groups excluding tert-OH is 2. The highest BCUT2D eigenvalue weighted by Crippen LogP contribution is 2.18. The molecule has 0 aliphatic rings. The molecule has 0 aliphatic heterocycles. The monoisotopic (exact) mass is 1080 g/mol. The first-order valence-corrected chi connectivity index (χ1v) is 34.4. The topological polar surface area (TPSA) is 95.9 Å². The predicted molar refractivity (Wildman–Crippen MR) is 338 cm³/mol. The number of amides is 1. The van der Waals surface area contributed by atoms with Crippen molar-refractivity contribution in [3.05, 3.63) is 48.6 Å². The highest BCUT2D eigenvalue weighted by Gasteiger charge is 2.18. The van der Waals surface area contributed by atoms with E-state index in [0.29, 0.717) is 19.4 Å². The van der Waals surface area contributed by atoms with E-state index < -0.39 is 12.1 Å². The molecule has 2 atom stereocenters. The van der Waals surface area contributed by atoms with Crippen LogP contribution in [0.1, 0.15) is 367 Å². The number of carbonyl (C=O) groups is 2. The van der Waals surface area contributed by atoms with Crippen LogP contribution in [0.25, 0.3) is 0 Å². The Morgan fingerprint density at radius 3 is 1.03 bits per heavy atom. The molecule has 0 fully saturated rings. The summed E-state index contributed by atoms with van der Waals surface area (Å²) in [5.74, 6) is -0.0605. The molecular formula is C71H133NO5. The summed E-state index contributed by atoms with van der Waals surface area (Å²) >= 11 is 0. The van der Waals surface area contributed by atoms with Crippen molar-refractivity contribution in [2.24, 2.45) is 0 Å². The molecule has 0 spiro atoms. The second-order valence-electron chi connectivity index (χ2n) is 23.5. The zero-order chi connectivity index (χ0) is 55.7. The maximum absolute atomic E-state index is 12.4. The summed E-state index contributed by atoms with van der Waals surface area (Å²) in [6, 6.07) is -0.625. The highest BCUT2D eigenvalue weighted by molar-refractivity contribution is 5.76. The summed E-state index contributed by atoms with van der Waals surface area (Å²) in [7, 11) is 0. The van der Waals surface area contributed by atoms with E-state index in [4.69, 9.17) is 4.74 Å². The second kappa shape index (κ2) is 66.3. The summed E-state index contributed by atoms with van der Waals surface area (Å²) in [5, 5.41) is 23.1. The van der Waals surface area contributed by atoms with Crippen LogP contribution < -0.4 is 5.32 Å². The van der Waals surface area contributed by atoms with E-state index in [1.807, 2.05) is 6.08 Å². The highest BCUT2D eigenvalue weighted by atomic mass is 16.5. The van der Waals surface area contributed by atoms with Crippen molar-refractivity contribution < 1.29 is 24.5 Å². The summed E-state index contributed by atoms with van der Waals surface area (Å²) in [5.41, 5.74) is 0. The maximum Gasteiger partial charge on any atom is 0.305 e. The fraction of sp³-hybridized carbons (Fsp3) is 0.859. The van der Waals surface area contributed by atoms with E-state index in [2.05, 4.69) is 55.6 Å². The minimum atomic E-state index is -0.841. The molecule has 452 valence electrons. The molecule has 0 aromatic heterocycles. The Kier molecular flexibility index (Phi) is 64.5. The number of nitrogens with one attached hydrogen (secondary N) is 1. The first-order chi connectivity index (χ1) is 38.0. The number of ether oxygens (including phenoxy) is 1. The molecule has 0 saturated heterocycles. The number of hydrogen-bond acceptors (Lipinski definition) is 5. The van der Waals surface area contributed by atoms with Gasteiger partial charge in [0.1, 0.15) is 0 Å². The molecule has 77 heavy (non-hydrogen) atoms. The van der Waals surface area contributed by atoms with Gasteiger partial charge in [-0.3, -0.25) is 9.59 Å². The van der Waals surface area contributed by atoms with Gasteiger partial charge in [-0.15, -0.1) is 0 Å². The molecule has 0 aliphatic carbocycles. The van der Waals surface area contributed by atoms with Crippen molar-refractivity contribution in [2.45, 2.75) is 379 Å². The molecule has 1 amide bonds. The fourth-order valence-corrected chi connectivity index (χ4v) is 10.5. The van der Waals surface area contributed by atoms with E-state index in [9.17, 15) is 19.8 Å². The number of carbonyl (C=O) groups excluding carboxylic acids is 2. The maximum atomic E-state index is 12.4. The van der Waals surface area contributed by atoms with E-state index in [-0.39, 0.29) is 18.5 Å². The summed E-state index contributed by atoms with van der Waals surface area (Å²) in [4.78, 5) is 24.5. The van der Waals surface area contributed by atoms with Crippen LogP contribution in [-0.4, -0.2) is 47.4 Å². The molecule has 0 aromatic carbocycles. The standard InChI is InChI=1S/C71H133NO5/c1-3-5-7-9-11-13-15-17-37-41-45-49-53-57-61-65-71(76)77-66-62-58-54-50-46-42-39-36-34-32-30-28-26-24-22-20-18-19-21-23-25-27-29-31-33-35-38-40-44-48-52-56-60-64-70(75)72-68(67-73)69(74)63-59-55-51-47-43-16-14-12-10-8-6-4-2/h11,13,17,22,24,37,59,63,68-69,73-74H,3-10,12,14-16,18-21,23,25-36,38-58,60-62,64-67H2,1-2H3,(H,72,75)/b13-11-,24-22-,37-17-,63-59+. The third-order valence-electron chi connectivity index (χ3n) is 15.8. The van der Waals surface area contributed by atoms with Crippen LogP contribution in [0, 0.1) is 0 Å².